The largest absolute Gasteiger partial charge is 0.444 e. The highest BCUT2D eigenvalue weighted by molar-refractivity contribution is 5.68. The standard InChI is InChI=1S/C14H27NO4/c1-10(15-13(17)19-14(2,3)4)9-18-12-7-5-11(16)6-8-12/h10-12,16H,5-9H2,1-4H3,(H,15,17)/t10-,11?,12?/m0/s1. The molecule has 1 atom stereocenters. The molecule has 1 amide bonds. The summed E-state index contributed by atoms with van der Waals surface area (Å²) >= 11 is 0. The topological polar surface area (TPSA) is 67.8 Å². The van der Waals surface area contributed by atoms with Crippen LogP contribution in [-0.2, 0) is 9.47 Å². The lowest BCUT2D eigenvalue weighted by atomic mass is 9.95. The maximum atomic E-state index is 11.5. The zero-order valence-corrected chi connectivity index (χ0v) is 12.4. The Morgan fingerprint density at radius 3 is 2.42 bits per heavy atom. The van der Waals surface area contributed by atoms with Gasteiger partial charge in [0.2, 0.25) is 0 Å². The lowest BCUT2D eigenvalue weighted by Gasteiger charge is -2.27. The van der Waals surface area contributed by atoms with Crippen molar-refractivity contribution in [2.45, 2.75) is 77.2 Å². The Hall–Kier alpha value is -0.810. The number of amides is 1. The smallest absolute Gasteiger partial charge is 0.407 e. The molecule has 0 heterocycles. The highest BCUT2D eigenvalue weighted by atomic mass is 16.6. The summed E-state index contributed by atoms with van der Waals surface area (Å²) in [6.07, 6.45) is 3.00. The summed E-state index contributed by atoms with van der Waals surface area (Å²) in [4.78, 5) is 11.5. The molecule has 0 aromatic carbocycles. The Labute approximate surface area is 115 Å². The van der Waals surface area contributed by atoms with E-state index in [4.69, 9.17) is 9.47 Å². The van der Waals surface area contributed by atoms with E-state index in [9.17, 15) is 9.90 Å². The van der Waals surface area contributed by atoms with Crippen LogP contribution in [0.1, 0.15) is 53.4 Å². The van der Waals surface area contributed by atoms with Crippen molar-refractivity contribution >= 4 is 6.09 Å². The predicted molar refractivity (Wildman–Crippen MR) is 73.0 cm³/mol. The average molecular weight is 273 g/mol. The minimum absolute atomic E-state index is 0.0818. The van der Waals surface area contributed by atoms with E-state index in [0.29, 0.717) is 6.61 Å². The third-order valence-corrected chi connectivity index (χ3v) is 2.99. The summed E-state index contributed by atoms with van der Waals surface area (Å²) in [5.41, 5.74) is -0.482. The summed E-state index contributed by atoms with van der Waals surface area (Å²) in [7, 11) is 0. The second-order valence-corrected chi connectivity index (χ2v) is 6.31. The molecule has 0 saturated heterocycles. The first kappa shape index (κ1) is 16.2. The molecule has 1 rings (SSSR count). The average Bonchev–Trinajstić information content (AvgIpc) is 2.25. The van der Waals surface area contributed by atoms with Gasteiger partial charge in [-0.1, -0.05) is 0 Å². The third kappa shape index (κ3) is 7.38. The minimum Gasteiger partial charge on any atom is -0.444 e. The SMILES string of the molecule is C[C@@H](COC1CCC(O)CC1)NC(=O)OC(C)(C)C. The molecule has 1 saturated carbocycles. The van der Waals surface area contributed by atoms with E-state index in [1.54, 1.807) is 0 Å². The Morgan fingerprint density at radius 1 is 1.32 bits per heavy atom. The van der Waals surface area contributed by atoms with E-state index in [1.165, 1.54) is 0 Å². The quantitative estimate of drug-likeness (QED) is 0.824. The number of aliphatic hydroxyl groups is 1. The Kier molecular flexibility index (Phi) is 6.07. The van der Waals surface area contributed by atoms with Gasteiger partial charge < -0.3 is 19.9 Å². The van der Waals surface area contributed by atoms with Crippen LogP contribution >= 0.6 is 0 Å². The maximum absolute atomic E-state index is 11.5. The maximum Gasteiger partial charge on any atom is 0.407 e. The van der Waals surface area contributed by atoms with Crippen molar-refractivity contribution in [2.75, 3.05) is 6.61 Å². The Balaban J connectivity index is 2.17. The first-order valence-corrected chi connectivity index (χ1v) is 7.05. The normalized spacial score (nSPS) is 25.7. The van der Waals surface area contributed by atoms with E-state index in [-0.39, 0.29) is 18.2 Å². The minimum atomic E-state index is -0.482. The molecule has 1 aliphatic rings. The van der Waals surface area contributed by atoms with Crippen molar-refractivity contribution < 1.29 is 19.4 Å². The van der Waals surface area contributed by atoms with E-state index < -0.39 is 11.7 Å². The van der Waals surface area contributed by atoms with E-state index in [2.05, 4.69) is 5.32 Å². The predicted octanol–water partition coefficient (Wildman–Crippen LogP) is 2.22. The summed E-state index contributed by atoms with van der Waals surface area (Å²) in [5, 5.41) is 12.2. The molecular formula is C14H27NO4. The molecular weight excluding hydrogens is 246 g/mol. The molecule has 0 unspecified atom stereocenters. The van der Waals surface area contributed by atoms with Gasteiger partial charge in [-0.2, -0.15) is 0 Å². The molecule has 19 heavy (non-hydrogen) atoms. The number of ether oxygens (including phenoxy) is 2. The molecule has 2 N–H and O–H groups in total. The number of rotatable bonds is 4. The van der Waals surface area contributed by atoms with Gasteiger partial charge in [0.05, 0.1) is 24.9 Å². The fraction of sp³-hybridized carbons (Fsp3) is 0.929. The van der Waals surface area contributed by atoms with Crippen LogP contribution in [0.5, 0.6) is 0 Å². The van der Waals surface area contributed by atoms with Crippen LogP contribution in [0.3, 0.4) is 0 Å². The van der Waals surface area contributed by atoms with Gasteiger partial charge in [0.25, 0.3) is 0 Å². The second-order valence-electron chi connectivity index (χ2n) is 6.31. The van der Waals surface area contributed by atoms with E-state index in [1.807, 2.05) is 27.7 Å². The number of carbonyl (C=O) groups is 1. The molecule has 5 nitrogen and oxygen atoms in total. The summed E-state index contributed by atoms with van der Waals surface area (Å²) in [6.45, 7) is 7.87. The molecule has 0 radical (unpaired) electrons. The van der Waals surface area contributed by atoms with Crippen molar-refractivity contribution in [1.29, 1.82) is 0 Å². The van der Waals surface area contributed by atoms with Crippen LogP contribution in [-0.4, -0.2) is 41.7 Å². The molecule has 0 aromatic rings. The van der Waals surface area contributed by atoms with Gasteiger partial charge in [0.1, 0.15) is 5.60 Å². The van der Waals surface area contributed by atoms with Gasteiger partial charge in [-0.05, 0) is 53.4 Å². The van der Waals surface area contributed by atoms with Gasteiger partial charge in [-0.3, -0.25) is 0 Å². The molecule has 5 heteroatoms. The lowest BCUT2D eigenvalue weighted by molar-refractivity contribution is -0.0118. The number of hydrogen-bond donors (Lipinski definition) is 2. The number of carbonyl (C=O) groups excluding carboxylic acids is 1. The number of alkyl carbamates (subject to hydrolysis) is 1. The van der Waals surface area contributed by atoms with Gasteiger partial charge in [0, 0.05) is 0 Å². The highest BCUT2D eigenvalue weighted by Gasteiger charge is 2.21. The Morgan fingerprint density at radius 2 is 1.89 bits per heavy atom. The van der Waals surface area contributed by atoms with Crippen LogP contribution in [0, 0.1) is 0 Å². The molecule has 1 aliphatic carbocycles. The zero-order chi connectivity index (χ0) is 14.5. The van der Waals surface area contributed by atoms with Crippen LogP contribution in [0.2, 0.25) is 0 Å². The van der Waals surface area contributed by atoms with Crippen molar-refractivity contribution in [2.24, 2.45) is 0 Å². The Bertz CT molecular complexity index is 280. The molecule has 0 spiro atoms. The van der Waals surface area contributed by atoms with Crippen LogP contribution < -0.4 is 5.32 Å². The highest BCUT2D eigenvalue weighted by Crippen LogP contribution is 2.21. The van der Waals surface area contributed by atoms with Crippen molar-refractivity contribution in [3.05, 3.63) is 0 Å². The second kappa shape index (κ2) is 7.10. The molecule has 112 valence electrons. The fourth-order valence-electron chi connectivity index (χ4n) is 2.04. The monoisotopic (exact) mass is 273 g/mol. The van der Waals surface area contributed by atoms with Gasteiger partial charge in [-0.25, -0.2) is 4.79 Å². The van der Waals surface area contributed by atoms with Crippen LogP contribution in [0.25, 0.3) is 0 Å². The van der Waals surface area contributed by atoms with E-state index >= 15 is 0 Å². The molecule has 1 fully saturated rings. The van der Waals surface area contributed by atoms with Crippen LogP contribution in [0.15, 0.2) is 0 Å². The lowest BCUT2D eigenvalue weighted by Crippen LogP contribution is -2.40. The fourth-order valence-corrected chi connectivity index (χ4v) is 2.04. The van der Waals surface area contributed by atoms with Crippen LogP contribution in [0.4, 0.5) is 4.79 Å². The molecule has 0 bridgehead atoms. The van der Waals surface area contributed by atoms with Crippen molar-refractivity contribution in [3.63, 3.8) is 0 Å². The molecule has 0 aliphatic heterocycles. The summed E-state index contributed by atoms with van der Waals surface area (Å²) < 4.78 is 10.9. The zero-order valence-electron chi connectivity index (χ0n) is 12.4. The number of aliphatic hydroxyl groups excluding tert-OH is 1. The van der Waals surface area contributed by atoms with Gasteiger partial charge in [0.15, 0.2) is 0 Å². The number of nitrogens with one attached hydrogen (secondary N) is 1. The summed E-state index contributed by atoms with van der Waals surface area (Å²) in [5.74, 6) is 0. The van der Waals surface area contributed by atoms with Gasteiger partial charge >= 0.3 is 6.09 Å². The summed E-state index contributed by atoms with van der Waals surface area (Å²) in [6, 6.07) is -0.0818. The van der Waals surface area contributed by atoms with Crippen molar-refractivity contribution in [3.8, 4) is 0 Å². The van der Waals surface area contributed by atoms with Crippen molar-refractivity contribution in [1.82, 2.24) is 5.32 Å². The van der Waals surface area contributed by atoms with E-state index in [0.717, 1.165) is 25.7 Å². The molecule has 0 aromatic heterocycles. The van der Waals surface area contributed by atoms with Gasteiger partial charge in [-0.15, -0.1) is 0 Å². The number of hydrogen-bond acceptors (Lipinski definition) is 4. The first-order chi connectivity index (χ1) is 8.76. The first-order valence-electron chi connectivity index (χ1n) is 7.05. The third-order valence-electron chi connectivity index (χ3n) is 2.99.